The van der Waals surface area contributed by atoms with E-state index in [4.69, 9.17) is 9.31 Å². The molecule has 0 unspecified atom stereocenters. The summed E-state index contributed by atoms with van der Waals surface area (Å²) in [4.78, 5) is 2.53. The molecule has 2 aliphatic rings. The van der Waals surface area contributed by atoms with E-state index in [1.54, 1.807) is 0 Å². The number of anilines is 1. The van der Waals surface area contributed by atoms with Gasteiger partial charge in [-0.1, -0.05) is 25.5 Å². The highest BCUT2D eigenvalue weighted by molar-refractivity contribution is 6.64. The minimum Gasteiger partial charge on any atom is -0.399 e. The molecule has 2 fully saturated rings. The Labute approximate surface area is 147 Å². The molecular formula is C20H32BNO2. The Morgan fingerprint density at radius 3 is 2.21 bits per heavy atom. The maximum Gasteiger partial charge on any atom is 0.496 e. The molecule has 0 amide bonds. The fourth-order valence-electron chi connectivity index (χ4n) is 3.68. The molecule has 0 spiro atoms. The molecule has 1 aromatic carbocycles. The maximum absolute atomic E-state index is 6.31. The number of aryl methyl sites for hydroxylation is 1. The second-order valence-corrected chi connectivity index (χ2v) is 8.49. The summed E-state index contributed by atoms with van der Waals surface area (Å²) in [5.74, 6) is 0.881. The average Bonchev–Trinajstić information content (AvgIpc) is 2.75. The third kappa shape index (κ3) is 3.23. The number of rotatable bonds is 3. The van der Waals surface area contributed by atoms with Gasteiger partial charge in [-0.3, -0.25) is 0 Å². The molecule has 0 aliphatic carbocycles. The van der Waals surface area contributed by atoms with Gasteiger partial charge in [0.2, 0.25) is 0 Å². The number of hydrogen-bond acceptors (Lipinski definition) is 3. The van der Waals surface area contributed by atoms with Crippen molar-refractivity contribution in [2.75, 3.05) is 18.0 Å². The molecule has 2 heterocycles. The number of hydrogen-bond donors (Lipinski definition) is 0. The predicted molar refractivity (Wildman–Crippen MR) is 102 cm³/mol. The monoisotopic (exact) mass is 329 g/mol. The van der Waals surface area contributed by atoms with E-state index in [1.807, 2.05) is 0 Å². The molecule has 2 saturated heterocycles. The van der Waals surface area contributed by atoms with Gasteiger partial charge >= 0.3 is 7.12 Å². The lowest BCUT2D eigenvalue weighted by molar-refractivity contribution is 0.00578. The third-order valence-electron chi connectivity index (χ3n) is 6.23. The van der Waals surface area contributed by atoms with Crippen molar-refractivity contribution in [1.82, 2.24) is 0 Å². The summed E-state index contributed by atoms with van der Waals surface area (Å²) in [5, 5.41) is 0. The normalized spacial score (nSPS) is 23.8. The fraction of sp³-hybridized carbons (Fsp3) is 0.700. The molecule has 4 heteroatoms. The van der Waals surface area contributed by atoms with Crippen molar-refractivity contribution in [3.63, 3.8) is 0 Å². The first-order valence-electron chi connectivity index (χ1n) is 9.44. The molecule has 0 atom stereocenters. The SMILES string of the molecule is CCC1CCN(c2cc(C)ccc2B2OC(C)(C)C(C)(C)O2)CC1. The third-order valence-corrected chi connectivity index (χ3v) is 6.23. The molecule has 24 heavy (non-hydrogen) atoms. The topological polar surface area (TPSA) is 21.7 Å². The summed E-state index contributed by atoms with van der Waals surface area (Å²) < 4.78 is 12.6. The summed E-state index contributed by atoms with van der Waals surface area (Å²) in [6.07, 6.45) is 3.87. The Morgan fingerprint density at radius 2 is 1.67 bits per heavy atom. The van der Waals surface area contributed by atoms with E-state index >= 15 is 0 Å². The van der Waals surface area contributed by atoms with Crippen LogP contribution in [0.1, 0.15) is 59.4 Å². The van der Waals surface area contributed by atoms with E-state index in [0.29, 0.717) is 0 Å². The smallest absolute Gasteiger partial charge is 0.399 e. The van der Waals surface area contributed by atoms with Gasteiger partial charge < -0.3 is 14.2 Å². The molecule has 2 aliphatic heterocycles. The summed E-state index contributed by atoms with van der Waals surface area (Å²) in [6, 6.07) is 6.66. The maximum atomic E-state index is 6.31. The lowest BCUT2D eigenvalue weighted by Crippen LogP contribution is -2.42. The Balaban J connectivity index is 1.88. The molecule has 0 N–H and O–H groups in total. The minimum atomic E-state index is -0.297. The summed E-state index contributed by atoms with van der Waals surface area (Å²) in [6.45, 7) is 15.2. The van der Waals surface area contributed by atoms with Crippen LogP contribution in [-0.4, -0.2) is 31.4 Å². The Bertz CT molecular complexity index is 575. The van der Waals surface area contributed by atoms with Crippen molar-refractivity contribution in [3.8, 4) is 0 Å². The van der Waals surface area contributed by atoms with Crippen LogP contribution in [0.4, 0.5) is 5.69 Å². The van der Waals surface area contributed by atoms with Gasteiger partial charge in [0, 0.05) is 24.2 Å². The van der Waals surface area contributed by atoms with Crippen molar-refractivity contribution in [3.05, 3.63) is 23.8 Å². The minimum absolute atomic E-state index is 0.283. The highest BCUT2D eigenvalue weighted by atomic mass is 16.7. The van der Waals surface area contributed by atoms with E-state index in [1.165, 1.54) is 36.0 Å². The molecule has 1 aromatic rings. The van der Waals surface area contributed by atoms with E-state index in [-0.39, 0.29) is 18.3 Å². The van der Waals surface area contributed by atoms with Crippen molar-refractivity contribution < 1.29 is 9.31 Å². The second kappa shape index (κ2) is 6.38. The molecular weight excluding hydrogens is 297 g/mol. The second-order valence-electron chi connectivity index (χ2n) is 8.49. The van der Waals surface area contributed by atoms with Gasteiger partial charge in [-0.05, 0) is 65.0 Å². The van der Waals surface area contributed by atoms with Crippen LogP contribution in [0, 0.1) is 12.8 Å². The van der Waals surface area contributed by atoms with E-state index in [0.717, 1.165) is 19.0 Å². The van der Waals surface area contributed by atoms with Gasteiger partial charge in [-0.2, -0.15) is 0 Å². The molecule has 132 valence electrons. The zero-order valence-electron chi connectivity index (χ0n) is 16.2. The average molecular weight is 329 g/mol. The zero-order chi connectivity index (χ0) is 17.5. The van der Waals surface area contributed by atoms with Crippen molar-refractivity contribution in [2.24, 2.45) is 5.92 Å². The largest absolute Gasteiger partial charge is 0.496 e. The standard InChI is InChI=1S/C20H32BNO2/c1-7-16-10-12-22(13-11-16)18-14-15(2)8-9-17(18)21-23-19(3,4)20(5,6)24-21/h8-9,14,16H,7,10-13H2,1-6H3. The van der Waals surface area contributed by atoms with Crippen molar-refractivity contribution >= 4 is 18.3 Å². The highest BCUT2D eigenvalue weighted by Crippen LogP contribution is 2.37. The van der Waals surface area contributed by atoms with Gasteiger partial charge in [0.05, 0.1) is 11.2 Å². The summed E-state index contributed by atoms with van der Waals surface area (Å²) >= 11 is 0. The molecule has 0 radical (unpaired) electrons. The van der Waals surface area contributed by atoms with E-state index in [9.17, 15) is 0 Å². The highest BCUT2D eigenvalue weighted by Gasteiger charge is 2.52. The first-order chi connectivity index (χ1) is 11.2. The summed E-state index contributed by atoms with van der Waals surface area (Å²) in [7, 11) is -0.283. The Hall–Kier alpha value is -0.995. The van der Waals surface area contributed by atoms with Crippen LogP contribution in [0.5, 0.6) is 0 Å². The van der Waals surface area contributed by atoms with Crippen LogP contribution in [0.3, 0.4) is 0 Å². The lowest BCUT2D eigenvalue weighted by atomic mass is 9.76. The number of benzene rings is 1. The first kappa shape index (κ1) is 17.8. The van der Waals surface area contributed by atoms with Crippen LogP contribution >= 0.6 is 0 Å². The van der Waals surface area contributed by atoms with Gasteiger partial charge in [0.1, 0.15) is 0 Å². The molecule has 0 aromatic heterocycles. The quantitative estimate of drug-likeness (QED) is 0.785. The fourth-order valence-corrected chi connectivity index (χ4v) is 3.68. The van der Waals surface area contributed by atoms with Gasteiger partial charge in [-0.25, -0.2) is 0 Å². The molecule has 3 rings (SSSR count). The number of piperidine rings is 1. The van der Waals surface area contributed by atoms with Crippen molar-refractivity contribution in [1.29, 1.82) is 0 Å². The molecule has 0 saturated carbocycles. The van der Waals surface area contributed by atoms with Gasteiger partial charge in [-0.15, -0.1) is 0 Å². The van der Waals surface area contributed by atoms with Gasteiger partial charge in [0.15, 0.2) is 0 Å². The predicted octanol–water partition coefficient (Wildman–Crippen LogP) is 3.92. The van der Waals surface area contributed by atoms with Crippen LogP contribution in [0.25, 0.3) is 0 Å². The van der Waals surface area contributed by atoms with Crippen LogP contribution < -0.4 is 10.4 Å². The first-order valence-corrected chi connectivity index (χ1v) is 9.44. The van der Waals surface area contributed by atoms with Crippen molar-refractivity contribution in [2.45, 2.75) is 72.0 Å². The molecule has 3 nitrogen and oxygen atoms in total. The van der Waals surface area contributed by atoms with E-state index in [2.05, 4.69) is 64.6 Å². The van der Waals surface area contributed by atoms with Gasteiger partial charge in [0.25, 0.3) is 0 Å². The van der Waals surface area contributed by atoms with Crippen LogP contribution in [0.2, 0.25) is 0 Å². The lowest BCUT2D eigenvalue weighted by Gasteiger charge is -2.35. The zero-order valence-corrected chi connectivity index (χ0v) is 16.2. The summed E-state index contributed by atoms with van der Waals surface area (Å²) in [5.41, 5.74) is 3.17. The van der Waals surface area contributed by atoms with Crippen LogP contribution in [0.15, 0.2) is 18.2 Å². The molecule has 0 bridgehead atoms. The van der Waals surface area contributed by atoms with E-state index < -0.39 is 0 Å². The Morgan fingerprint density at radius 1 is 1.08 bits per heavy atom. The Kier molecular flexibility index (Phi) is 4.74. The van der Waals surface area contributed by atoms with Crippen LogP contribution in [-0.2, 0) is 9.31 Å². The number of nitrogens with zero attached hydrogens (tertiary/aromatic N) is 1.